The molecule has 1 aromatic rings. The first-order valence-corrected chi connectivity index (χ1v) is 8.44. The minimum absolute atomic E-state index is 0.0353. The molecule has 0 fully saturated rings. The van der Waals surface area contributed by atoms with Gasteiger partial charge in [0.05, 0.1) is 25.7 Å². The first-order chi connectivity index (χ1) is 11.6. The van der Waals surface area contributed by atoms with Gasteiger partial charge in [-0.2, -0.15) is 0 Å². The number of hydrogen-bond donors (Lipinski definition) is 3. The Balaban J connectivity index is 2.53. The topological polar surface area (TPSA) is 83.0 Å². The van der Waals surface area contributed by atoms with Crippen LogP contribution in [0.25, 0.3) is 0 Å². The van der Waals surface area contributed by atoms with Gasteiger partial charge >= 0.3 is 5.97 Å². The van der Waals surface area contributed by atoms with Crippen molar-refractivity contribution < 1.29 is 14.6 Å². The number of nitrogens with one attached hydrogen (secondary N) is 2. The Morgan fingerprint density at radius 1 is 1.25 bits per heavy atom. The van der Waals surface area contributed by atoms with Gasteiger partial charge in [-0.25, -0.2) is 0 Å². The number of aliphatic hydroxyl groups is 1. The fraction of sp³-hybridized carbons (Fsp3) is 0.556. The summed E-state index contributed by atoms with van der Waals surface area (Å²) in [6.07, 6.45) is 0.181. The van der Waals surface area contributed by atoms with Crippen molar-refractivity contribution in [2.75, 3.05) is 26.2 Å². The number of aliphatic imine (C=N–C) groups is 1. The maximum atomic E-state index is 11.5. The second-order valence-corrected chi connectivity index (χ2v) is 5.73. The van der Waals surface area contributed by atoms with E-state index in [0.717, 1.165) is 12.1 Å². The summed E-state index contributed by atoms with van der Waals surface area (Å²) in [5, 5.41) is 15.8. The van der Waals surface area contributed by atoms with E-state index in [2.05, 4.69) is 15.6 Å². The van der Waals surface area contributed by atoms with E-state index >= 15 is 0 Å². The number of aliphatic hydroxyl groups excluding tert-OH is 1. The highest BCUT2D eigenvalue weighted by atomic mass is 16.5. The number of rotatable bonds is 9. The SMILES string of the molecule is CCNC(=NCC(CO)c1ccccc1)NCCC(=O)OC(C)C. The molecule has 0 saturated heterocycles. The molecule has 0 aromatic heterocycles. The van der Waals surface area contributed by atoms with E-state index in [-0.39, 0.29) is 31.0 Å². The zero-order chi connectivity index (χ0) is 17.8. The predicted molar refractivity (Wildman–Crippen MR) is 96.1 cm³/mol. The van der Waals surface area contributed by atoms with Gasteiger partial charge in [0.1, 0.15) is 0 Å². The lowest BCUT2D eigenvalue weighted by atomic mass is 10.0. The molecule has 1 aromatic carbocycles. The van der Waals surface area contributed by atoms with Crippen LogP contribution in [0.3, 0.4) is 0 Å². The van der Waals surface area contributed by atoms with E-state index in [0.29, 0.717) is 19.0 Å². The molecule has 0 radical (unpaired) electrons. The first-order valence-electron chi connectivity index (χ1n) is 8.44. The molecular formula is C18H29N3O3. The van der Waals surface area contributed by atoms with Crippen LogP contribution < -0.4 is 10.6 Å². The Labute approximate surface area is 144 Å². The molecule has 3 N–H and O–H groups in total. The summed E-state index contributed by atoms with van der Waals surface area (Å²) in [4.78, 5) is 16.0. The molecule has 0 bridgehead atoms. The van der Waals surface area contributed by atoms with E-state index in [9.17, 15) is 9.90 Å². The predicted octanol–water partition coefficient (Wildman–Crippen LogP) is 1.66. The summed E-state index contributed by atoms with van der Waals surface area (Å²) in [7, 11) is 0. The van der Waals surface area contributed by atoms with Crippen LogP contribution >= 0.6 is 0 Å². The zero-order valence-corrected chi connectivity index (χ0v) is 14.8. The zero-order valence-electron chi connectivity index (χ0n) is 14.8. The molecule has 0 aliphatic carbocycles. The Morgan fingerprint density at radius 2 is 1.96 bits per heavy atom. The molecule has 0 aliphatic rings. The van der Waals surface area contributed by atoms with E-state index in [4.69, 9.17) is 4.74 Å². The number of ether oxygens (including phenoxy) is 1. The van der Waals surface area contributed by atoms with Gasteiger partial charge in [0.25, 0.3) is 0 Å². The van der Waals surface area contributed by atoms with Gasteiger partial charge in [-0.05, 0) is 26.3 Å². The highest BCUT2D eigenvalue weighted by Crippen LogP contribution is 2.14. The molecule has 6 nitrogen and oxygen atoms in total. The van der Waals surface area contributed by atoms with Crippen molar-refractivity contribution >= 4 is 11.9 Å². The number of esters is 1. The third-order valence-corrected chi connectivity index (χ3v) is 3.29. The maximum Gasteiger partial charge on any atom is 0.307 e. The molecule has 1 rings (SSSR count). The van der Waals surface area contributed by atoms with Crippen LogP contribution in [0.1, 0.15) is 38.7 Å². The van der Waals surface area contributed by atoms with Crippen LogP contribution in [0.15, 0.2) is 35.3 Å². The minimum Gasteiger partial charge on any atom is -0.463 e. The average Bonchev–Trinajstić information content (AvgIpc) is 2.55. The van der Waals surface area contributed by atoms with Crippen LogP contribution in [0.4, 0.5) is 0 Å². The quantitative estimate of drug-likeness (QED) is 0.363. The summed E-state index contributed by atoms with van der Waals surface area (Å²) in [6, 6.07) is 9.82. The van der Waals surface area contributed by atoms with Crippen LogP contribution in [0.5, 0.6) is 0 Å². The number of nitrogens with zero attached hydrogens (tertiary/aromatic N) is 1. The number of carbonyl (C=O) groups is 1. The van der Waals surface area contributed by atoms with E-state index in [1.807, 2.05) is 51.1 Å². The smallest absolute Gasteiger partial charge is 0.307 e. The third-order valence-electron chi connectivity index (χ3n) is 3.29. The van der Waals surface area contributed by atoms with Crippen LogP contribution in [0, 0.1) is 0 Å². The lowest BCUT2D eigenvalue weighted by molar-refractivity contribution is -0.147. The van der Waals surface area contributed by atoms with Crippen molar-refractivity contribution in [2.24, 2.45) is 4.99 Å². The summed E-state index contributed by atoms with van der Waals surface area (Å²) < 4.78 is 5.09. The van der Waals surface area contributed by atoms with Crippen molar-refractivity contribution in [3.63, 3.8) is 0 Å². The number of hydrogen-bond acceptors (Lipinski definition) is 4. The normalized spacial score (nSPS) is 12.8. The van der Waals surface area contributed by atoms with Crippen LogP contribution in [0.2, 0.25) is 0 Å². The summed E-state index contributed by atoms with van der Waals surface area (Å²) in [5.41, 5.74) is 1.06. The average molecular weight is 335 g/mol. The fourth-order valence-corrected chi connectivity index (χ4v) is 2.14. The third kappa shape index (κ3) is 7.97. The van der Waals surface area contributed by atoms with Gasteiger partial charge in [0.15, 0.2) is 5.96 Å². The summed E-state index contributed by atoms with van der Waals surface area (Å²) >= 11 is 0. The second kappa shape index (κ2) is 11.5. The highest BCUT2D eigenvalue weighted by Gasteiger charge is 2.10. The number of carbonyl (C=O) groups excluding carboxylic acids is 1. The highest BCUT2D eigenvalue weighted by molar-refractivity contribution is 5.80. The standard InChI is InChI=1S/C18H29N3O3/c1-4-19-18(20-11-10-17(23)24-14(2)3)21-12-16(13-22)15-8-6-5-7-9-15/h5-9,14,16,22H,4,10-13H2,1-3H3,(H2,19,20,21). The lowest BCUT2D eigenvalue weighted by Gasteiger charge is -2.15. The second-order valence-electron chi connectivity index (χ2n) is 5.73. The van der Waals surface area contributed by atoms with E-state index in [1.54, 1.807) is 0 Å². The molecule has 0 spiro atoms. The first kappa shape index (κ1) is 20.0. The van der Waals surface area contributed by atoms with E-state index in [1.165, 1.54) is 0 Å². The van der Waals surface area contributed by atoms with Crippen LogP contribution in [-0.4, -0.2) is 49.4 Å². The molecule has 0 aliphatic heterocycles. The van der Waals surface area contributed by atoms with Gasteiger partial charge in [0, 0.05) is 19.0 Å². The Bertz CT molecular complexity index is 503. The molecule has 134 valence electrons. The fourth-order valence-electron chi connectivity index (χ4n) is 2.14. The molecule has 0 amide bonds. The van der Waals surface area contributed by atoms with Crippen molar-refractivity contribution in [3.8, 4) is 0 Å². The van der Waals surface area contributed by atoms with Crippen molar-refractivity contribution in [2.45, 2.75) is 39.2 Å². The van der Waals surface area contributed by atoms with E-state index < -0.39 is 0 Å². The summed E-state index contributed by atoms with van der Waals surface area (Å²) in [6.45, 7) is 7.31. The Morgan fingerprint density at radius 3 is 2.54 bits per heavy atom. The summed E-state index contributed by atoms with van der Waals surface area (Å²) in [5.74, 6) is 0.350. The molecule has 6 heteroatoms. The minimum atomic E-state index is -0.231. The van der Waals surface area contributed by atoms with Crippen molar-refractivity contribution in [1.29, 1.82) is 0 Å². The maximum absolute atomic E-state index is 11.5. The van der Waals surface area contributed by atoms with Crippen molar-refractivity contribution in [1.82, 2.24) is 10.6 Å². The Hall–Kier alpha value is -2.08. The molecule has 1 atom stereocenters. The molecule has 0 heterocycles. The lowest BCUT2D eigenvalue weighted by Crippen LogP contribution is -2.39. The Kier molecular flexibility index (Phi) is 9.53. The largest absolute Gasteiger partial charge is 0.463 e. The van der Waals surface area contributed by atoms with Gasteiger partial charge in [-0.3, -0.25) is 9.79 Å². The molecule has 24 heavy (non-hydrogen) atoms. The molecule has 0 saturated carbocycles. The molecular weight excluding hydrogens is 306 g/mol. The van der Waals surface area contributed by atoms with Crippen molar-refractivity contribution in [3.05, 3.63) is 35.9 Å². The monoisotopic (exact) mass is 335 g/mol. The van der Waals surface area contributed by atoms with Crippen LogP contribution in [-0.2, 0) is 9.53 Å². The number of guanidine groups is 1. The van der Waals surface area contributed by atoms with Gasteiger partial charge in [-0.15, -0.1) is 0 Å². The molecule has 1 unspecified atom stereocenters. The van der Waals surface area contributed by atoms with Gasteiger partial charge < -0.3 is 20.5 Å². The van der Waals surface area contributed by atoms with Gasteiger partial charge in [0.2, 0.25) is 0 Å². The number of benzene rings is 1. The van der Waals surface area contributed by atoms with Gasteiger partial charge in [-0.1, -0.05) is 30.3 Å².